The second kappa shape index (κ2) is 7.51. The van der Waals surface area contributed by atoms with E-state index in [9.17, 15) is 0 Å². The minimum absolute atomic E-state index is 0.354. The van der Waals surface area contributed by atoms with Gasteiger partial charge in [-0.2, -0.15) is 0 Å². The summed E-state index contributed by atoms with van der Waals surface area (Å²) in [6, 6.07) is 2.65. The van der Waals surface area contributed by atoms with Crippen LogP contribution in [0.2, 0.25) is 0 Å². The van der Waals surface area contributed by atoms with E-state index >= 15 is 0 Å². The molecule has 0 N–H and O–H groups in total. The number of rotatable bonds is 4. The third kappa shape index (κ3) is 3.21. The maximum absolute atomic E-state index is 2.65. The van der Waals surface area contributed by atoms with Crippen LogP contribution in [0.3, 0.4) is 0 Å². The largest absolute Gasteiger partial charge is 0.0848 e. The first-order valence-electron chi connectivity index (χ1n) is 11.9. The number of benzene rings is 1. The van der Waals surface area contributed by atoms with E-state index in [-0.39, 0.29) is 0 Å². The Morgan fingerprint density at radius 1 is 1.00 bits per heavy atom. The highest BCUT2D eigenvalue weighted by Gasteiger charge is 2.46. The highest BCUT2D eigenvalue weighted by Crippen LogP contribution is 2.58. The molecule has 4 unspecified atom stereocenters. The Balaban J connectivity index is 1.63. The van der Waals surface area contributed by atoms with Gasteiger partial charge in [-0.05, 0) is 109 Å². The van der Waals surface area contributed by atoms with Crippen LogP contribution >= 0.6 is 0 Å². The summed E-state index contributed by atoms with van der Waals surface area (Å²) in [5.74, 6) is 2.65. The van der Waals surface area contributed by atoms with E-state index in [0.717, 1.165) is 5.92 Å². The first-order chi connectivity index (χ1) is 13.3. The molecule has 0 amide bonds. The summed E-state index contributed by atoms with van der Waals surface area (Å²) in [4.78, 5) is 0. The Bertz CT molecular complexity index is 806. The normalized spacial score (nSPS) is 28.7. The molecule has 0 heterocycles. The fraction of sp³-hybridized carbons (Fsp3) is 0.643. The molecule has 1 aromatic carbocycles. The van der Waals surface area contributed by atoms with Gasteiger partial charge in [0.2, 0.25) is 0 Å². The molecule has 0 bridgehead atoms. The molecule has 0 fully saturated rings. The van der Waals surface area contributed by atoms with Crippen LogP contribution in [0, 0.1) is 30.1 Å². The summed E-state index contributed by atoms with van der Waals surface area (Å²) in [7, 11) is 0. The summed E-state index contributed by atoms with van der Waals surface area (Å²) in [5, 5.41) is 0. The number of hydrogen-bond acceptors (Lipinski definition) is 0. The van der Waals surface area contributed by atoms with E-state index in [1.807, 2.05) is 0 Å². The smallest absolute Gasteiger partial charge is 0.00328 e. The third-order valence-electron chi connectivity index (χ3n) is 8.61. The van der Waals surface area contributed by atoms with Crippen molar-refractivity contribution in [3.8, 4) is 0 Å². The van der Waals surface area contributed by atoms with E-state index in [4.69, 9.17) is 0 Å². The molecule has 0 aromatic heterocycles. The lowest BCUT2D eigenvalue weighted by atomic mass is 9.61. The Hall–Kier alpha value is -1.30. The third-order valence-corrected chi connectivity index (χ3v) is 8.61. The van der Waals surface area contributed by atoms with Crippen LogP contribution in [0.15, 0.2) is 29.9 Å². The van der Waals surface area contributed by atoms with Gasteiger partial charge in [0.1, 0.15) is 0 Å². The van der Waals surface area contributed by atoms with Crippen molar-refractivity contribution in [1.82, 2.24) is 0 Å². The van der Waals surface area contributed by atoms with Crippen molar-refractivity contribution < 1.29 is 0 Å². The molecule has 0 spiro atoms. The van der Waals surface area contributed by atoms with Crippen molar-refractivity contribution >= 4 is 0 Å². The fourth-order valence-electron chi connectivity index (χ4n) is 6.32. The molecule has 0 saturated heterocycles. The number of allylic oxidation sites excluding steroid dienone is 4. The minimum Gasteiger partial charge on any atom is -0.0848 e. The predicted molar refractivity (Wildman–Crippen MR) is 122 cm³/mol. The standard InChI is InChI=1S/C28H40/c1-18(2)19(3)11-12-20(4)26-13-14-27-25-17-22-9-7-8-10-23(22)21(5)24(25)15-16-28(26,27)6/h11-13,17-20,27H,7-10,14-16H2,1-6H3/b12-11+. The molecular formula is C28H40. The molecule has 3 aliphatic rings. The van der Waals surface area contributed by atoms with E-state index in [1.54, 1.807) is 33.4 Å². The summed E-state index contributed by atoms with van der Waals surface area (Å²) in [6.45, 7) is 14.4. The van der Waals surface area contributed by atoms with Crippen molar-refractivity contribution in [2.45, 2.75) is 92.4 Å². The Morgan fingerprint density at radius 3 is 2.50 bits per heavy atom. The van der Waals surface area contributed by atoms with Crippen LogP contribution in [0.25, 0.3) is 0 Å². The maximum atomic E-state index is 2.65. The fourth-order valence-corrected chi connectivity index (χ4v) is 6.32. The molecule has 0 aliphatic heterocycles. The van der Waals surface area contributed by atoms with Crippen LogP contribution in [0.4, 0.5) is 0 Å². The topological polar surface area (TPSA) is 0 Å². The van der Waals surface area contributed by atoms with Gasteiger partial charge in [0.15, 0.2) is 0 Å². The van der Waals surface area contributed by atoms with Gasteiger partial charge in [-0.25, -0.2) is 0 Å². The Morgan fingerprint density at radius 2 is 1.75 bits per heavy atom. The summed E-state index contributed by atoms with van der Waals surface area (Å²) in [6.07, 6.45) is 16.8. The monoisotopic (exact) mass is 376 g/mol. The lowest BCUT2D eigenvalue weighted by Crippen LogP contribution is -2.32. The van der Waals surface area contributed by atoms with Crippen LogP contribution < -0.4 is 0 Å². The molecule has 0 radical (unpaired) electrons. The van der Waals surface area contributed by atoms with Crippen molar-refractivity contribution in [2.24, 2.45) is 23.2 Å². The SMILES string of the molecule is Cc1c2c(cc3c1CCC1(C)C(C(C)/C=C/C(C)C(C)C)=CCC31)CCCC2. The van der Waals surface area contributed by atoms with Crippen molar-refractivity contribution in [3.05, 3.63) is 57.7 Å². The van der Waals surface area contributed by atoms with Gasteiger partial charge < -0.3 is 0 Å². The van der Waals surface area contributed by atoms with Crippen molar-refractivity contribution in [3.63, 3.8) is 0 Å². The number of fused-ring (bicyclic) bond motifs is 4. The van der Waals surface area contributed by atoms with E-state index in [1.165, 1.54) is 44.9 Å². The first-order valence-corrected chi connectivity index (χ1v) is 11.9. The summed E-state index contributed by atoms with van der Waals surface area (Å²) < 4.78 is 0. The molecular weight excluding hydrogens is 336 g/mol. The Kier molecular flexibility index (Phi) is 5.36. The second-order valence-corrected chi connectivity index (χ2v) is 10.6. The zero-order valence-corrected chi connectivity index (χ0v) is 19.1. The number of aryl methyl sites for hydroxylation is 1. The average Bonchev–Trinajstić information content (AvgIpc) is 3.03. The quantitative estimate of drug-likeness (QED) is 0.472. The summed E-state index contributed by atoms with van der Waals surface area (Å²) in [5.41, 5.74) is 10.5. The van der Waals surface area contributed by atoms with E-state index in [2.05, 4.69) is 65.8 Å². The van der Waals surface area contributed by atoms with E-state index in [0.29, 0.717) is 23.2 Å². The van der Waals surface area contributed by atoms with Crippen molar-refractivity contribution in [2.75, 3.05) is 0 Å². The van der Waals surface area contributed by atoms with E-state index < -0.39 is 0 Å². The van der Waals surface area contributed by atoms with Crippen LogP contribution in [0.5, 0.6) is 0 Å². The molecule has 1 aromatic rings. The molecule has 4 atom stereocenters. The molecule has 28 heavy (non-hydrogen) atoms. The average molecular weight is 377 g/mol. The van der Waals surface area contributed by atoms with Crippen LogP contribution in [0.1, 0.15) is 94.0 Å². The Labute approximate surface area is 173 Å². The van der Waals surface area contributed by atoms with Gasteiger partial charge in [-0.3, -0.25) is 0 Å². The first kappa shape index (κ1) is 20.0. The lowest BCUT2D eigenvalue weighted by molar-refractivity contribution is 0.277. The van der Waals surface area contributed by atoms with Gasteiger partial charge in [0, 0.05) is 0 Å². The zero-order valence-electron chi connectivity index (χ0n) is 19.1. The summed E-state index contributed by atoms with van der Waals surface area (Å²) >= 11 is 0. The molecule has 152 valence electrons. The zero-order chi connectivity index (χ0) is 20.1. The van der Waals surface area contributed by atoms with Crippen LogP contribution in [-0.4, -0.2) is 0 Å². The van der Waals surface area contributed by atoms with Gasteiger partial charge in [0.05, 0.1) is 0 Å². The number of hydrogen-bond donors (Lipinski definition) is 0. The lowest BCUT2D eigenvalue weighted by Gasteiger charge is -2.43. The molecule has 0 heteroatoms. The maximum Gasteiger partial charge on any atom is -0.00328 e. The van der Waals surface area contributed by atoms with Gasteiger partial charge in [0.25, 0.3) is 0 Å². The molecule has 0 nitrogen and oxygen atoms in total. The molecule has 3 aliphatic carbocycles. The predicted octanol–water partition coefficient (Wildman–Crippen LogP) is 7.72. The van der Waals surface area contributed by atoms with Gasteiger partial charge >= 0.3 is 0 Å². The van der Waals surface area contributed by atoms with Gasteiger partial charge in [-0.15, -0.1) is 0 Å². The molecule has 0 saturated carbocycles. The molecule has 4 rings (SSSR count). The highest BCUT2D eigenvalue weighted by atomic mass is 14.5. The second-order valence-electron chi connectivity index (χ2n) is 10.6. The highest BCUT2D eigenvalue weighted by molar-refractivity contribution is 5.52. The van der Waals surface area contributed by atoms with Crippen LogP contribution in [-0.2, 0) is 19.3 Å². The van der Waals surface area contributed by atoms with Crippen molar-refractivity contribution in [1.29, 1.82) is 0 Å². The minimum atomic E-state index is 0.354. The van der Waals surface area contributed by atoms with Gasteiger partial charge in [-0.1, -0.05) is 64.5 Å².